The molecule has 0 N–H and O–H groups in total. The van der Waals surface area contributed by atoms with Crippen molar-refractivity contribution in [1.29, 1.82) is 0 Å². The Morgan fingerprint density at radius 3 is 2.74 bits per heavy atom. The molecule has 0 saturated carbocycles. The molecule has 0 atom stereocenters. The maximum atomic E-state index is 11.9. The predicted octanol–water partition coefficient (Wildman–Crippen LogP) is 2.80. The zero-order valence-electron chi connectivity index (χ0n) is 13.7. The van der Waals surface area contributed by atoms with Crippen LogP contribution in [0.2, 0.25) is 0 Å². The lowest BCUT2D eigenvalue weighted by atomic mass is 9.97. The standard InChI is InChI=1S/C17H22N2O4/c1-11(2)23-15-8-13(17(20)21-3)9-19-10-14(18-16(15)19)12-4-6-22-7-5-12/h8-12H,4-7H2,1-3H3. The van der Waals surface area contributed by atoms with Crippen molar-refractivity contribution in [3.8, 4) is 5.75 Å². The number of ether oxygens (including phenoxy) is 3. The normalized spacial score (nSPS) is 16.0. The minimum atomic E-state index is -0.387. The van der Waals surface area contributed by atoms with E-state index in [0.717, 1.165) is 37.4 Å². The molecule has 1 aliphatic heterocycles. The molecule has 23 heavy (non-hydrogen) atoms. The first-order valence-corrected chi connectivity index (χ1v) is 7.94. The Balaban J connectivity index is 2.05. The first-order chi connectivity index (χ1) is 11.1. The zero-order valence-corrected chi connectivity index (χ0v) is 13.7. The quantitative estimate of drug-likeness (QED) is 0.811. The number of imidazole rings is 1. The minimum absolute atomic E-state index is 0.00470. The van der Waals surface area contributed by atoms with Crippen LogP contribution in [0.25, 0.3) is 5.65 Å². The van der Waals surface area contributed by atoms with Crippen LogP contribution in [-0.2, 0) is 9.47 Å². The van der Waals surface area contributed by atoms with Crippen molar-refractivity contribution in [3.05, 3.63) is 29.7 Å². The lowest BCUT2D eigenvalue weighted by Crippen LogP contribution is -2.14. The van der Waals surface area contributed by atoms with Crippen molar-refractivity contribution in [2.75, 3.05) is 20.3 Å². The molecule has 3 heterocycles. The fourth-order valence-electron chi connectivity index (χ4n) is 2.85. The van der Waals surface area contributed by atoms with Crippen molar-refractivity contribution in [1.82, 2.24) is 9.38 Å². The topological polar surface area (TPSA) is 62.1 Å². The summed E-state index contributed by atoms with van der Waals surface area (Å²) in [5.41, 5.74) is 2.20. The summed E-state index contributed by atoms with van der Waals surface area (Å²) in [6.07, 6.45) is 5.65. The van der Waals surface area contributed by atoms with Gasteiger partial charge in [-0.2, -0.15) is 0 Å². The molecule has 124 valence electrons. The molecule has 0 aliphatic carbocycles. The van der Waals surface area contributed by atoms with Gasteiger partial charge in [0.15, 0.2) is 11.4 Å². The summed E-state index contributed by atoms with van der Waals surface area (Å²) in [7, 11) is 1.37. The Hall–Kier alpha value is -2.08. The average Bonchev–Trinajstić information content (AvgIpc) is 2.99. The van der Waals surface area contributed by atoms with Gasteiger partial charge >= 0.3 is 5.97 Å². The highest BCUT2D eigenvalue weighted by Crippen LogP contribution is 2.30. The van der Waals surface area contributed by atoms with E-state index in [2.05, 4.69) is 0 Å². The van der Waals surface area contributed by atoms with Crippen LogP contribution in [0.1, 0.15) is 48.7 Å². The van der Waals surface area contributed by atoms with E-state index >= 15 is 0 Å². The highest BCUT2D eigenvalue weighted by molar-refractivity contribution is 5.90. The smallest absolute Gasteiger partial charge is 0.339 e. The largest absolute Gasteiger partial charge is 0.487 e. The third-order valence-corrected chi connectivity index (χ3v) is 3.96. The number of hydrogen-bond donors (Lipinski definition) is 0. The van der Waals surface area contributed by atoms with E-state index < -0.39 is 0 Å². The molecule has 0 amide bonds. The summed E-state index contributed by atoms with van der Waals surface area (Å²) in [5, 5.41) is 0. The Kier molecular flexibility index (Phi) is 4.52. The van der Waals surface area contributed by atoms with Crippen LogP contribution >= 0.6 is 0 Å². The van der Waals surface area contributed by atoms with Crippen LogP contribution in [0.15, 0.2) is 18.5 Å². The lowest BCUT2D eigenvalue weighted by Gasteiger charge is -2.19. The van der Waals surface area contributed by atoms with Gasteiger partial charge in [-0.1, -0.05) is 0 Å². The molecule has 0 spiro atoms. The number of pyridine rings is 1. The summed E-state index contributed by atoms with van der Waals surface area (Å²) in [4.78, 5) is 16.6. The molecule has 3 rings (SSSR count). The predicted molar refractivity (Wildman–Crippen MR) is 85.1 cm³/mol. The van der Waals surface area contributed by atoms with Gasteiger partial charge in [0.25, 0.3) is 0 Å². The van der Waals surface area contributed by atoms with Gasteiger partial charge in [-0.25, -0.2) is 9.78 Å². The van der Waals surface area contributed by atoms with Crippen molar-refractivity contribution >= 4 is 11.6 Å². The number of carbonyl (C=O) groups is 1. The van der Waals surface area contributed by atoms with Gasteiger partial charge in [0.2, 0.25) is 0 Å². The van der Waals surface area contributed by atoms with E-state index in [4.69, 9.17) is 19.2 Å². The number of nitrogens with zero attached hydrogens (tertiary/aromatic N) is 2. The van der Waals surface area contributed by atoms with Gasteiger partial charge in [0.05, 0.1) is 24.5 Å². The van der Waals surface area contributed by atoms with E-state index in [-0.39, 0.29) is 12.1 Å². The fraction of sp³-hybridized carbons (Fsp3) is 0.529. The number of aromatic nitrogens is 2. The van der Waals surface area contributed by atoms with Crippen molar-refractivity contribution in [3.63, 3.8) is 0 Å². The van der Waals surface area contributed by atoms with E-state index in [1.165, 1.54) is 7.11 Å². The Morgan fingerprint density at radius 1 is 1.35 bits per heavy atom. The second kappa shape index (κ2) is 6.58. The molecule has 6 nitrogen and oxygen atoms in total. The molecule has 0 unspecified atom stereocenters. The van der Waals surface area contributed by atoms with Crippen LogP contribution in [0.5, 0.6) is 5.75 Å². The van der Waals surface area contributed by atoms with E-state index in [9.17, 15) is 4.79 Å². The minimum Gasteiger partial charge on any atom is -0.487 e. The second-order valence-electron chi connectivity index (χ2n) is 6.03. The van der Waals surface area contributed by atoms with Crippen molar-refractivity contribution in [2.45, 2.75) is 38.7 Å². The average molecular weight is 318 g/mol. The molecular formula is C17H22N2O4. The molecule has 0 aromatic carbocycles. The van der Waals surface area contributed by atoms with Gasteiger partial charge in [-0.05, 0) is 26.7 Å². The number of rotatable bonds is 4. The monoisotopic (exact) mass is 318 g/mol. The Bertz CT molecular complexity index is 702. The van der Waals surface area contributed by atoms with Gasteiger partial charge in [-0.3, -0.25) is 0 Å². The number of fused-ring (bicyclic) bond motifs is 1. The maximum absolute atomic E-state index is 11.9. The molecular weight excluding hydrogens is 296 g/mol. The molecule has 1 aliphatic rings. The van der Waals surface area contributed by atoms with Crippen molar-refractivity contribution in [2.24, 2.45) is 0 Å². The van der Waals surface area contributed by atoms with E-state index in [1.807, 2.05) is 24.4 Å². The first-order valence-electron chi connectivity index (χ1n) is 7.94. The van der Waals surface area contributed by atoms with Crippen LogP contribution in [0, 0.1) is 0 Å². The second-order valence-corrected chi connectivity index (χ2v) is 6.03. The molecule has 1 fully saturated rings. The molecule has 2 aromatic rings. The summed E-state index contributed by atoms with van der Waals surface area (Å²) in [5.74, 6) is 0.597. The Labute approximate surface area is 135 Å². The number of hydrogen-bond acceptors (Lipinski definition) is 5. The molecule has 6 heteroatoms. The van der Waals surface area contributed by atoms with Crippen LogP contribution < -0.4 is 4.74 Å². The SMILES string of the molecule is COC(=O)c1cc(OC(C)C)c2nc(C3CCOCC3)cn2c1. The number of carbonyl (C=O) groups excluding carboxylic acids is 1. The van der Waals surface area contributed by atoms with Crippen LogP contribution in [0.3, 0.4) is 0 Å². The molecule has 1 saturated heterocycles. The summed E-state index contributed by atoms with van der Waals surface area (Å²) in [6, 6.07) is 1.70. The third kappa shape index (κ3) is 3.32. The van der Waals surface area contributed by atoms with Gasteiger partial charge in [-0.15, -0.1) is 0 Å². The molecule has 2 aromatic heterocycles. The van der Waals surface area contributed by atoms with E-state index in [0.29, 0.717) is 17.2 Å². The number of methoxy groups -OCH3 is 1. The highest BCUT2D eigenvalue weighted by Gasteiger charge is 2.21. The fourth-order valence-corrected chi connectivity index (χ4v) is 2.85. The maximum Gasteiger partial charge on any atom is 0.339 e. The van der Waals surface area contributed by atoms with Crippen LogP contribution in [-0.4, -0.2) is 41.8 Å². The molecule has 0 radical (unpaired) electrons. The number of esters is 1. The molecule has 0 bridgehead atoms. The summed E-state index contributed by atoms with van der Waals surface area (Å²) in [6.45, 7) is 5.43. The Morgan fingerprint density at radius 2 is 2.09 bits per heavy atom. The summed E-state index contributed by atoms with van der Waals surface area (Å²) >= 11 is 0. The highest BCUT2D eigenvalue weighted by atomic mass is 16.5. The zero-order chi connectivity index (χ0) is 16.4. The van der Waals surface area contributed by atoms with Gasteiger partial charge < -0.3 is 18.6 Å². The van der Waals surface area contributed by atoms with E-state index in [1.54, 1.807) is 12.3 Å². The lowest BCUT2D eigenvalue weighted by molar-refractivity contribution is 0.0599. The van der Waals surface area contributed by atoms with Crippen LogP contribution in [0.4, 0.5) is 0 Å². The van der Waals surface area contributed by atoms with Crippen molar-refractivity contribution < 1.29 is 19.0 Å². The van der Waals surface area contributed by atoms with Gasteiger partial charge in [0.1, 0.15) is 0 Å². The van der Waals surface area contributed by atoms with Gasteiger partial charge in [0, 0.05) is 37.6 Å². The summed E-state index contributed by atoms with van der Waals surface area (Å²) < 4.78 is 17.9. The first kappa shape index (κ1) is 15.8. The third-order valence-electron chi connectivity index (χ3n) is 3.96.